The molecule has 1 aromatic heterocycles. The molecule has 0 bridgehead atoms. The summed E-state index contributed by atoms with van der Waals surface area (Å²) < 4.78 is 2.50. The number of anilines is 3. The SMILES string of the molecule is c1ccc(-c2ccc(N(c3ccccc3)c3cccc4c3c3ccccc3n4-c3c(-c4ccccc4)cccc3-c3ccccc3)cc2-c2ccccc2)cc1. The van der Waals surface area contributed by atoms with Crippen LogP contribution in [0.25, 0.3) is 72.0 Å². The second-order valence-corrected chi connectivity index (χ2v) is 14.1. The molecule has 0 aliphatic carbocycles. The summed E-state index contributed by atoms with van der Waals surface area (Å²) in [7, 11) is 0. The van der Waals surface area contributed by atoms with Crippen LogP contribution in [0, 0.1) is 0 Å². The molecule has 10 rings (SSSR count). The first-order chi connectivity index (χ1) is 27.8. The lowest BCUT2D eigenvalue weighted by Gasteiger charge is -2.28. The van der Waals surface area contributed by atoms with Crippen molar-refractivity contribution in [2.45, 2.75) is 0 Å². The Morgan fingerprint density at radius 2 is 0.768 bits per heavy atom. The van der Waals surface area contributed by atoms with E-state index in [4.69, 9.17) is 0 Å². The van der Waals surface area contributed by atoms with Gasteiger partial charge in [-0.2, -0.15) is 0 Å². The second-order valence-electron chi connectivity index (χ2n) is 14.1. The van der Waals surface area contributed by atoms with E-state index in [1.165, 1.54) is 55.3 Å². The lowest BCUT2D eigenvalue weighted by atomic mass is 9.93. The van der Waals surface area contributed by atoms with Crippen molar-refractivity contribution in [1.29, 1.82) is 0 Å². The normalized spacial score (nSPS) is 11.2. The van der Waals surface area contributed by atoms with Crippen molar-refractivity contribution in [1.82, 2.24) is 4.57 Å². The minimum absolute atomic E-state index is 1.09. The molecule has 10 aromatic rings. The second kappa shape index (κ2) is 14.4. The molecular formula is C54H38N2. The number of hydrogen-bond donors (Lipinski definition) is 0. The van der Waals surface area contributed by atoms with E-state index in [9.17, 15) is 0 Å². The molecule has 0 saturated heterocycles. The third-order valence-corrected chi connectivity index (χ3v) is 10.8. The monoisotopic (exact) mass is 714 g/mol. The van der Waals surface area contributed by atoms with E-state index in [-0.39, 0.29) is 0 Å². The zero-order valence-corrected chi connectivity index (χ0v) is 30.8. The number of benzene rings is 9. The molecule has 0 spiro atoms. The van der Waals surface area contributed by atoms with Gasteiger partial charge in [0.05, 0.1) is 22.4 Å². The zero-order chi connectivity index (χ0) is 37.3. The van der Waals surface area contributed by atoms with Crippen LogP contribution >= 0.6 is 0 Å². The summed E-state index contributed by atoms with van der Waals surface area (Å²) >= 11 is 0. The number of aromatic nitrogens is 1. The molecule has 56 heavy (non-hydrogen) atoms. The van der Waals surface area contributed by atoms with Crippen LogP contribution in [0.5, 0.6) is 0 Å². The topological polar surface area (TPSA) is 8.17 Å². The molecule has 0 unspecified atom stereocenters. The van der Waals surface area contributed by atoms with Gasteiger partial charge in [0.2, 0.25) is 0 Å². The van der Waals surface area contributed by atoms with Crippen LogP contribution in [0.1, 0.15) is 0 Å². The Morgan fingerprint density at radius 1 is 0.304 bits per heavy atom. The van der Waals surface area contributed by atoms with Crippen LogP contribution in [-0.4, -0.2) is 4.57 Å². The third-order valence-electron chi connectivity index (χ3n) is 10.8. The Balaban J connectivity index is 1.28. The lowest BCUT2D eigenvalue weighted by molar-refractivity contribution is 1.18. The van der Waals surface area contributed by atoms with Crippen LogP contribution in [0.4, 0.5) is 17.1 Å². The molecule has 2 heteroatoms. The van der Waals surface area contributed by atoms with Crippen molar-refractivity contribution >= 4 is 38.9 Å². The highest BCUT2D eigenvalue weighted by Gasteiger charge is 2.24. The highest BCUT2D eigenvalue weighted by Crippen LogP contribution is 2.47. The molecule has 0 N–H and O–H groups in total. The maximum Gasteiger partial charge on any atom is 0.0618 e. The average molecular weight is 715 g/mol. The predicted octanol–water partition coefficient (Wildman–Crippen LogP) is 14.9. The Hall–Kier alpha value is -7.42. The molecule has 0 atom stereocenters. The van der Waals surface area contributed by atoms with E-state index in [1.54, 1.807) is 0 Å². The summed E-state index contributed by atoms with van der Waals surface area (Å²) in [6, 6.07) is 83.1. The van der Waals surface area contributed by atoms with Gasteiger partial charge >= 0.3 is 0 Å². The lowest BCUT2D eigenvalue weighted by Crippen LogP contribution is -2.10. The van der Waals surface area contributed by atoms with E-state index < -0.39 is 0 Å². The Kier molecular flexibility index (Phi) is 8.55. The van der Waals surface area contributed by atoms with Gasteiger partial charge in [0.25, 0.3) is 0 Å². The first-order valence-electron chi connectivity index (χ1n) is 19.2. The van der Waals surface area contributed by atoms with Gasteiger partial charge in [-0.05, 0) is 75.8 Å². The molecular weight excluding hydrogens is 677 g/mol. The fourth-order valence-electron chi connectivity index (χ4n) is 8.31. The summed E-state index contributed by atoms with van der Waals surface area (Å²) in [6.07, 6.45) is 0. The highest BCUT2D eigenvalue weighted by molar-refractivity contribution is 6.17. The van der Waals surface area contributed by atoms with Crippen LogP contribution in [0.3, 0.4) is 0 Å². The van der Waals surface area contributed by atoms with E-state index >= 15 is 0 Å². The fourth-order valence-corrected chi connectivity index (χ4v) is 8.31. The smallest absolute Gasteiger partial charge is 0.0618 e. The Labute approximate surface area is 327 Å². The van der Waals surface area contributed by atoms with E-state index in [1.807, 2.05) is 0 Å². The summed E-state index contributed by atoms with van der Waals surface area (Å²) in [5.41, 5.74) is 16.3. The zero-order valence-electron chi connectivity index (χ0n) is 30.8. The van der Waals surface area contributed by atoms with E-state index in [0.717, 1.165) is 33.8 Å². The molecule has 0 amide bonds. The molecule has 264 valence electrons. The van der Waals surface area contributed by atoms with E-state index in [2.05, 4.69) is 240 Å². The van der Waals surface area contributed by atoms with Gasteiger partial charge in [-0.1, -0.05) is 188 Å². The van der Waals surface area contributed by atoms with Crippen molar-refractivity contribution in [3.8, 4) is 50.2 Å². The molecule has 0 fully saturated rings. The van der Waals surface area contributed by atoms with Gasteiger partial charge in [-0.3, -0.25) is 0 Å². The fraction of sp³-hybridized carbons (Fsp3) is 0. The minimum atomic E-state index is 1.09. The van der Waals surface area contributed by atoms with Gasteiger partial charge in [0.1, 0.15) is 0 Å². The van der Waals surface area contributed by atoms with Gasteiger partial charge in [-0.25, -0.2) is 0 Å². The molecule has 0 saturated carbocycles. The summed E-state index contributed by atoms with van der Waals surface area (Å²) in [4.78, 5) is 2.43. The van der Waals surface area contributed by atoms with Gasteiger partial charge in [-0.15, -0.1) is 0 Å². The number of para-hydroxylation sites is 3. The summed E-state index contributed by atoms with van der Waals surface area (Å²) in [5, 5.41) is 2.40. The number of hydrogen-bond acceptors (Lipinski definition) is 1. The maximum absolute atomic E-state index is 2.50. The third kappa shape index (κ3) is 5.85. The minimum Gasteiger partial charge on any atom is -0.310 e. The average Bonchev–Trinajstić information content (AvgIpc) is 3.62. The van der Waals surface area contributed by atoms with Gasteiger partial charge < -0.3 is 9.47 Å². The molecule has 9 aromatic carbocycles. The molecule has 0 radical (unpaired) electrons. The standard InChI is InChI=1S/C54H38N2/c1-6-20-39(21-7-1)45-37-36-44(38-49(45)42-26-12-4-13-27-42)55(43-28-14-5-15-29-43)51-34-19-35-52-53(51)48-30-16-17-33-50(48)56(52)54-46(40-22-8-2-9-23-40)31-18-32-47(54)41-24-10-3-11-25-41/h1-38H. The van der Waals surface area contributed by atoms with Gasteiger partial charge in [0, 0.05) is 33.3 Å². The van der Waals surface area contributed by atoms with Crippen molar-refractivity contribution < 1.29 is 0 Å². The van der Waals surface area contributed by atoms with E-state index in [0.29, 0.717) is 0 Å². The first-order valence-corrected chi connectivity index (χ1v) is 19.2. The van der Waals surface area contributed by atoms with Crippen LogP contribution in [-0.2, 0) is 0 Å². The molecule has 0 aliphatic heterocycles. The highest BCUT2D eigenvalue weighted by atomic mass is 15.1. The summed E-state index contributed by atoms with van der Waals surface area (Å²) in [6.45, 7) is 0. The first kappa shape index (κ1) is 33.2. The molecule has 1 heterocycles. The maximum atomic E-state index is 2.50. The number of fused-ring (bicyclic) bond motifs is 3. The molecule has 0 aliphatic rings. The Bertz CT molecular complexity index is 2880. The largest absolute Gasteiger partial charge is 0.310 e. The Morgan fingerprint density at radius 3 is 1.36 bits per heavy atom. The van der Waals surface area contributed by atoms with Crippen LogP contribution in [0.15, 0.2) is 231 Å². The predicted molar refractivity (Wildman–Crippen MR) is 237 cm³/mol. The van der Waals surface area contributed by atoms with Crippen molar-refractivity contribution in [3.05, 3.63) is 231 Å². The van der Waals surface area contributed by atoms with Gasteiger partial charge in [0.15, 0.2) is 0 Å². The van der Waals surface area contributed by atoms with Crippen LogP contribution < -0.4 is 4.90 Å². The quantitative estimate of drug-likeness (QED) is 0.152. The van der Waals surface area contributed by atoms with Crippen molar-refractivity contribution in [3.63, 3.8) is 0 Å². The number of nitrogens with zero attached hydrogens (tertiary/aromatic N) is 2. The van der Waals surface area contributed by atoms with Crippen LogP contribution in [0.2, 0.25) is 0 Å². The summed E-state index contributed by atoms with van der Waals surface area (Å²) in [5.74, 6) is 0. The molecule has 2 nitrogen and oxygen atoms in total. The van der Waals surface area contributed by atoms with Crippen molar-refractivity contribution in [2.75, 3.05) is 4.90 Å². The van der Waals surface area contributed by atoms with Crippen molar-refractivity contribution in [2.24, 2.45) is 0 Å². The number of rotatable bonds is 8.